The van der Waals surface area contributed by atoms with Gasteiger partial charge in [0, 0.05) is 38.3 Å². The summed E-state index contributed by atoms with van der Waals surface area (Å²) in [5.41, 5.74) is 2.84. The number of nitrogens with zero attached hydrogens (tertiary/aromatic N) is 4. The van der Waals surface area contributed by atoms with Crippen LogP contribution in [0, 0.1) is 10.1 Å². The van der Waals surface area contributed by atoms with Gasteiger partial charge in [-0.1, -0.05) is 30.3 Å². The molecule has 7 heteroatoms. The van der Waals surface area contributed by atoms with Crippen LogP contribution in [-0.2, 0) is 6.54 Å². The van der Waals surface area contributed by atoms with E-state index in [1.54, 1.807) is 18.2 Å². The maximum absolute atomic E-state index is 11.1. The molecule has 0 spiro atoms. The molecule has 128 valence electrons. The summed E-state index contributed by atoms with van der Waals surface area (Å²) in [5.74, 6) is 0.876. The molecule has 7 nitrogen and oxygen atoms in total. The van der Waals surface area contributed by atoms with Crippen LogP contribution in [0.4, 0.5) is 11.6 Å². The molecule has 1 aliphatic heterocycles. The lowest BCUT2D eigenvalue weighted by molar-refractivity contribution is -0.384. The number of aromatic nitrogens is 2. The molecule has 1 saturated heterocycles. The van der Waals surface area contributed by atoms with Crippen molar-refractivity contribution in [1.29, 1.82) is 0 Å². The van der Waals surface area contributed by atoms with E-state index in [2.05, 4.69) is 26.9 Å². The van der Waals surface area contributed by atoms with Gasteiger partial charge in [-0.05, 0) is 11.6 Å². The monoisotopic (exact) mass is 337 g/mol. The van der Waals surface area contributed by atoms with Crippen LogP contribution in [0.3, 0.4) is 0 Å². The van der Waals surface area contributed by atoms with Gasteiger partial charge in [0.15, 0.2) is 0 Å². The molecule has 0 atom stereocenters. The summed E-state index contributed by atoms with van der Waals surface area (Å²) in [6.07, 6.45) is 0. The zero-order chi connectivity index (χ0) is 17.2. The third-order valence-electron chi connectivity index (χ3n) is 4.51. The van der Waals surface area contributed by atoms with Gasteiger partial charge < -0.3 is 14.8 Å². The van der Waals surface area contributed by atoms with Crippen molar-refractivity contribution in [2.24, 2.45) is 0 Å². The number of piperazine rings is 1. The van der Waals surface area contributed by atoms with Crippen molar-refractivity contribution in [3.8, 4) is 0 Å². The van der Waals surface area contributed by atoms with Gasteiger partial charge in [-0.25, -0.2) is 4.98 Å². The first-order valence-electron chi connectivity index (χ1n) is 8.36. The fourth-order valence-electron chi connectivity index (χ4n) is 3.25. The second-order valence-corrected chi connectivity index (χ2v) is 6.15. The second kappa shape index (κ2) is 6.52. The number of rotatable bonds is 4. The first-order chi connectivity index (χ1) is 12.2. The first-order valence-corrected chi connectivity index (χ1v) is 8.36. The summed E-state index contributed by atoms with van der Waals surface area (Å²) >= 11 is 0. The highest BCUT2D eigenvalue weighted by Crippen LogP contribution is 2.27. The van der Waals surface area contributed by atoms with E-state index in [-0.39, 0.29) is 10.6 Å². The number of imidazole rings is 1. The van der Waals surface area contributed by atoms with Crippen molar-refractivity contribution in [2.45, 2.75) is 6.54 Å². The predicted molar refractivity (Wildman–Crippen MR) is 97.0 cm³/mol. The zero-order valence-electron chi connectivity index (χ0n) is 13.8. The van der Waals surface area contributed by atoms with E-state index in [0.717, 1.165) is 37.6 Å². The van der Waals surface area contributed by atoms with Gasteiger partial charge in [0.1, 0.15) is 0 Å². The minimum Gasteiger partial charge on any atom is -0.340 e. The molecule has 3 aromatic rings. The smallest absolute Gasteiger partial charge is 0.271 e. The summed E-state index contributed by atoms with van der Waals surface area (Å²) in [7, 11) is 0. The Bertz CT molecular complexity index is 900. The molecule has 0 saturated carbocycles. The van der Waals surface area contributed by atoms with E-state index in [4.69, 9.17) is 4.98 Å². The number of hydrogen-bond donors (Lipinski definition) is 1. The molecule has 1 aliphatic rings. The van der Waals surface area contributed by atoms with Gasteiger partial charge in [-0.3, -0.25) is 10.1 Å². The molecule has 1 fully saturated rings. The Morgan fingerprint density at radius 1 is 1.12 bits per heavy atom. The van der Waals surface area contributed by atoms with Crippen molar-refractivity contribution >= 4 is 22.7 Å². The van der Waals surface area contributed by atoms with Gasteiger partial charge >= 0.3 is 0 Å². The van der Waals surface area contributed by atoms with Crippen molar-refractivity contribution in [3.05, 3.63) is 64.2 Å². The normalized spacial score (nSPS) is 14.8. The molecule has 0 radical (unpaired) electrons. The van der Waals surface area contributed by atoms with E-state index in [1.807, 2.05) is 18.2 Å². The molecule has 0 unspecified atom stereocenters. The molecule has 25 heavy (non-hydrogen) atoms. The Labute approximate surface area is 145 Å². The van der Waals surface area contributed by atoms with Crippen LogP contribution >= 0.6 is 0 Å². The Balaban J connectivity index is 1.82. The molecule has 0 amide bonds. The predicted octanol–water partition coefficient (Wildman–Crippen LogP) is 2.40. The number of hydrogen-bond acceptors (Lipinski definition) is 5. The topological polar surface area (TPSA) is 76.2 Å². The SMILES string of the molecule is O=[N+]([O-])c1ccc2c(c1)nc(N1CCNCC1)n2Cc1ccccc1. The Hall–Kier alpha value is -2.93. The number of fused-ring (bicyclic) bond motifs is 1. The second-order valence-electron chi connectivity index (χ2n) is 6.15. The third-order valence-corrected chi connectivity index (χ3v) is 4.51. The average Bonchev–Trinajstić information content (AvgIpc) is 3.01. The van der Waals surface area contributed by atoms with Gasteiger partial charge in [0.25, 0.3) is 5.69 Å². The molecule has 0 bridgehead atoms. The summed E-state index contributed by atoms with van der Waals surface area (Å²) < 4.78 is 2.15. The molecule has 2 aromatic carbocycles. The summed E-state index contributed by atoms with van der Waals surface area (Å²) in [6, 6.07) is 15.1. The van der Waals surface area contributed by atoms with E-state index in [1.165, 1.54) is 5.56 Å². The van der Waals surface area contributed by atoms with Crippen LogP contribution < -0.4 is 10.2 Å². The number of nitrogens with one attached hydrogen (secondary N) is 1. The van der Waals surface area contributed by atoms with E-state index >= 15 is 0 Å². The van der Waals surface area contributed by atoms with Crippen molar-refractivity contribution in [2.75, 3.05) is 31.1 Å². The molecular weight excluding hydrogens is 318 g/mol. The molecule has 1 aromatic heterocycles. The lowest BCUT2D eigenvalue weighted by Gasteiger charge is -2.29. The fraction of sp³-hybridized carbons (Fsp3) is 0.278. The Morgan fingerprint density at radius 3 is 2.60 bits per heavy atom. The van der Waals surface area contributed by atoms with Crippen LogP contribution in [0.2, 0.25) is 0 Å². The number of non-ortho nitro benzene ring substituents is 1. The zero-order valence-corrected chi connectivity index (χ0v) is 13.8. The third kappa shape index (κ3) is 3.06. The standard InChI is InChI=1S/C18H19N5O2/c24-23(25)15-6-7-17-16(12-15)20-18(21-10-8-19-9-11-21)22(17)13-14-4-2-1-3-5-14/h1-7,12,19H,8-11,13H2. The quantitative estimate of drug-likeness (QED) is 0.584. The summed E-state index contributed by atoms with van der Waals surface area (Å²) in [5, 5.41) is 14.4. The number of nitro benzene ring substituents is 1. The highest BCUT2D eigenvalue weighted by molar-refractivity contribution is 5.81. The molecule has 1 N–H and O–H groups in total. The molecule has 0 aliphatic carbocycles. The van der Waals surface area contributed by atoms with E-state index in [0.29, 0.717) is 12.1 Å². The van der Waals surface area contributed by atoms with Crippen LogP contribution in [0.5, 0.6) is 0 Å². The maximum atomic E-state index is 11.1. The minimum atomic E-state index is -0.375. The first kappa shape index (κ1) is 15.6. The molecule has 4 rings (SSSR count). The average molecular weight is 337 g/mol. The lowest BCUT2D eigenvalue weighted by atomic mass is 10.2. The van der Waals surface area contributed by atoms with Crippen LogP contribution in [0.25, 0.3) is 11.0 Å². The number of benzene rings is 2. The number of anilines is 1. The summed E-state index contributed by atoms with van der Waals surface area (Å²) in [4.78, 5) is 17.7. The highest BCUT2D eigenvalue weighted by Gasteiger charge is 2.20. The maximum Gasteiger partial charge on any atom is 0.271 e. The van der Waals surface area contributed by atoms with Crippen molar-refractivity contribution in [1.82, 2.24) is 14.9 Å². The number of nitro groups is 1. The van der Waals surface area contributed by atoms with Crippen LogP contribution in [0.1, 0.15) is 5.56 Å². The fourth-order valence-corrected chi connectivity index (χ4v) is 3.25. The van der Waals surface area contributed by atoms with Crippen LogP contribution in [-0.4, -0.2) is 40.7 Å². The summed E-state index contributed by atoms with van der Waals surface area (Å²) in [6.45, 7) is 4.26. The molecule has 2 heterocycles. The van der Waals surface area contributed by atoms with Crippen molar-refractivity contribution < 1.29 is 4.92 Å². The largest absolute Gasteiger partial charge is 0.340 e. The van der Waals surface area contributed by atoms with Gasteiger partial charge in [-0.2, -0.15) is 0 Å². The van der Waals surface area contributed by atoms with Gasteiger partial charge in [0.05, 0.1) is 22.5 Å². The minimum absolute atomic E-state index is 0.0729. The van der Waals surface area contributed by atoms with Gasteiger partial charge in [0.2, 0.25) is 5.95 Å². The lowest BCUT2D eigenvalue weighted by Crippen LogP contribution is -2.44. The Kier molecular flexibility index (Phi) is 4.07. The van der Waals surface area contributed by atoms with Crippen molar-refractivity contribution in [3.63, 3.8) is 0 Å². The van der Waals surface area contributed by atoms with E-state index in [9.17, 15) is 10.1 Å². The highest BCUT2D eigenvalue weighted by atomic mass is 16.6. The molecular formula is C18H19N5O2. The van der Waals surface area contributed by atoms with Crippen LogP contribution in [0.15, 0.2) is 48.5 Å². The van der Waals surface area contributed by atoms with Gasteiger partial charge in [-0.15, -0.1) is 0 Å². The van der Waals surface area contributed by atoms with E-state index < -0.39 is 0 Å². The Morgan fingerprint density at radius 2 is 1.88 bits per heavy atom.